The summed E-state index contributed by atoms with van der Waals surface area (Å²) in [6.07, 6.45) is 5.40. The third kappa shape index (κ3) is 3.36. The second kappa shape index (κ2) is 5.89. The van der Waals surface area contributed by atoms with Crippen molar-refractivity contribution in [3.05, 3.63) is 28.0 Å². The minimum atomic E-state index is -0.413. The van der Waals surface area contributed by atoms with Crippen LogP contribution >= 0.6 is 23.2 Å². The summed E-state index contributed by atoms with van der Waals surface area (Å²) in [4.78, 5) is 15.8. The number of esters is 1. The van der Waals surface area contributed by atoms with Gasteiger partial charge in [-0.3, -0.25) is 0 Å². The van der Waals surface area contributed by atoms with Gasteiger partial charge in [-0.25, -0.2) is 9.78 Å². The Bertz CT molecular complexity index is 443. The first-order chi connectivity index (χ1) is 8.56. The summed E-state index contributed by atoms with van der Waals surface area (Å²) >= 11 is 11.7. The van der Waals surface area contributed by atoms with Crippen LogP contribution in [-0.2, 0) is 4.74 Å². The molecule has 0 radical (unpaired) electrons. The Morgan fingerprint density at radius 3 is 2.67 bits per heavy atom. The van der Waals surface area contributed by atoms with E-state index in [-0.39, 0.29) is 21.8 Å². The first-order valence-corrected chi connectivity index (χ1v) is 6.84. The van der Waals surface area contributed by atoms with Crippen molar-refractivity contribution in [2.45, 2.75) is 38.7 Å². The number of pyridine rings is 1. The highest BCUT2D eigenvalue weighted by molar-refractivity contribution is 6.34. The SMILES string of the molecule is CC1CCC(OC(=O)c2cc(Cl)ncc2Cl)CC1. The summed E-state index contributed by atoms with van der Waals surface area (Å²) in [7, 11) is 0. The van der Waals surface area contributed by atoms with Gasteiger partial charge in [-0.1, -0.05) is 30.1 Å². The highest BCUT2D eigenvalue weighted by Gasteiger charge is 2.23. The van der Waals surface area contributed by atoms with Crippen LogP contribution in [-0.4, -0.2) is 17.1 Å². The van der Waals surface area contributed by atoms with Gasteiger partial charge in [-0.2, -0.15) is 0 Å². The summed E-state index contributed by atoms with van der Waals surface area (Å²) in [5, 5.41) is 0.511. The Kier molecular flexibility index (Phi) is 4.46. The lowest BCUT2D eigenvalue weighted by molar-refractivity contribution is 0.0174. The predicted octanol–water partition coefficient (Wildman–Crippen LogP) is 4.12. The molecule has 3 nitrogen and oxygen atoms in total. The molecule has 1 saturated carbocycles. The molecule has 1 heterocycles. The third-order valence-corrected chi connectivity index (χ3v) is 3.79. The monoisotopic (exact) mass is 287 g/mol. The highest BCUT2D eigenvalue weighted by Crippen LogP contribution is 2.27. The Morgan fingerprint density at radius 1 is 1.33 bits per heavy atom. The van der Waals surface area contributed by atoms with Crippen LogP contribution in [0.5, 0.6) is 0 Å². The lowest BCUT2D eigenvalue weighted by atomic mass is 9.89. The molecule has 98 valence electrons. The maximum Gasteiger partial charge on any atom is 0.340 e. The zero-order valence-corrected chi connectivity index (χ0v) is 11.7. The van der Waals surface area contributed by atoms with Crippen molar-refractivity contribution in [1.29, 1.82) is 0 Å². The first-order valence-electron chi connectivity index (χ1n) is 6.08. The van der Waals surface area contributed by atoms with Gasteiger partial charge in [0.1, 0.15) is 11.3 Å². The molecule has 1 fully saturated rings. The maximum absolute atomic E-state index is 12.0. The third-order valence-electron chi connectivity index (χ3n) is 3.28. The molecule has 2 rings (SSSR count). The van der Waals surface area contributed by atoms with E-state index in [1.165, 1.54) is 12.3 Å². The molecular formula is C13H15Cl2NO2. The van der Waals surface area contributed by atoms with Gasteiger partial charge < -0.3 is 4.74 Å². The number of ether oxygens (including phenoxy) is 1. The topological polar surface area (TPSA) is 39.2 Å². The van der Waals surface area contributed by atoms with E-state index in [9.17, 15) is 4.79 Å². The van der Waals surface area contributed by atoms with Gasteiger partial charge in [0.15, 0.2) is 0 Å². The molecule has 0 N–H and O–H groups in total. The van der Waals surface area contributed by atoms with Crippen LogP contribution in [0.25, 0.3) is 0 Å². The normalized spacial score (nSPS) is 23.7. The van der Waals surface area contributed by atoms with Crippen molar-refractivity contribution in [3.8, 4) is 0 Å². The molecule has 1 aromatic heterocycles. The molecule has 0 unspecified atom stereocenters. The van der Waals surface area contributed by atoms with Gasteiger partial charge in [0.2, 0.25) is 0 Å². The van der Waals surface area contributed by atoms with E-state index in [1.807, 2.05) is 0 Å². The van der Waals surface area contributed by atoms with Crippen LogP contribution < -0.4 is 0 Å². The van der Waals surface area contributed by atoms with Gasteiger partial charge >= 0.3 is 5.97 Å². The van der Waals surface area contributed by atoms with Crippen molar-refractivity contribution in [2.24, 2.45) is 5.92 Å². The molecule has 1 aliphatic rings. The number of hydrogen-bond acceptors (Lipinski definition) is 3. The molecule has 1 aromatic rings. The second-order valence-electron chi connectivity index (χ2n) is 4.77. The smallest absolute Gasteiger partial charge is 0.340 e. The Morgan fingerprint density at radius 2 is 2.00 bits per heavy atom. The zero-order valence-electron chi connectivity index (χ0n) is 10.2. The number of halogens is 2. The molecule has 0 amide bonds. The average Bonchev–Trinajstić information content (AvgIpc) is 2.35. The van der Waals surface area contributed by atoms with E-state index in [1.54, 1.807) is 0 Å². The van der Waals surface area contributed by atoms with E-state index in [0.29, 0.717) is 0 Å². The number of nitrogens with zero attached hydrogens (tertiary/aromatic N) is 1. The van der Waals surface area contributed by atoms with Gasteiger partial charge in [-0.05, 0) is 37.7 Å². The number of carbonyl (C=O) groups excluding carboxylic acids is 1. The Balaban J connectivity index is 2.01. The van der Waals surface area contributed by atoms with E-state index < -0.39 is 5.97 Å². The molecule has 5 heteroatoms. The molecule has 0 saturated heterocycles. The minimum absolute atomic E-state index is 0.00305. The summed E-state index contributed by atoms with van der Waals surface area (Å²) in [5.74, 6) is 0.308. The molecule has 0 spiro atoms. The number of aromatic nitrogens is 1. The van der Waals surface area contributed by atoms with Crippen molar-refractivity contribution in [2.75, 3.05) is 0 Å². The molecule has 0 aliphatic heterocycles. The molecule has 18 heavy (non-hydrogen) atoms. The molecule has 0 aromatic carbocycles. The number of hydrogen-bond donors (Lipinski definition) is 0. The van der Waals surface area contributed by atoms with Gasteiger partial charge in [0.05, 0.1) is 10.6 Å². The van der Waals surface area contributed by atoms with E-state index in [2.05, 4.69) is 11.9 Å². The van der Waals surface area contributed by atoms with Gasteiger partial charge in [-0.15, -0.1) is 0 Å². The average molecular weight is 288 g/mol. The van der Waals surface area contributed by atoms with Crippen LogP contribution in [0, 0.1) is 5.92 Å². The maximum atomic E-state index is 12.0. The minimum Gasteiger partial charge on any atom is -0.459 e. The first kappa shape index (κ1) is 13.6. The summed E-state index contributed by atoms with van der Waals surface area (Å²) in [6, 6.07) is 1.44. The fourth-order valence-corrected chi connectivity index (χ4v) is 2.47. The van der Waals surface area contributed by atoms with E-state index >= 15 is 0 Å². The number of carbonyl (C=O) groups is 1. The van der Waals surface area contributed by atoms with Gasteiger partial charge in [0, 0.05) is 6.20 Å². The second-order valence-corrected chi connectivity index (χ2v) is 5.57. The zero-order chi connectivity index (χ0) is 13.1. The summed E-state index contributed by atoms with van der Waals surface area (Å²) < 4.78 is 5.45. The lowest BCUT2D eigenvalue weighted by Gasteiger charge is -2.26. The van der Waals surface area contributed by atoms with Crippen LogP contribution in [0.3, 0.4) is 0 Å². The standard InChI is InChI=1S/C13H15Cl2NO2/c1-8-2-4-9(5-3-8)18-13(17)10-6-12(15)16-7-11(10)14/h6-9H,2-5H2,1H3. The van der Waals surface area contributed by atoms with E-state index in [0.717, 1.165) is 31.6 Å². The molecule has 0 atom stereocenters. The highest BCUT2D eigenvalue weighted by atomic mass is 35.5. The van der Waals surface area contributed by atoms with Crippen molar-refractivity contribution >= 4 is 29.2 Å². The largest absolute Gasteiger partial charge is 0.459 e. The van der Waals surface area contributed by atoms with Crippen molar-refractivity contribution in [1.82, 2.24) is 4.98 Å². The molecule has 1 aliphatic carbocycles. The Labute approximate surface area is 116 Å². The molecule has 0 bridgehead atoms. The lowest BCUT2D eigenvalue weighted by Crippen LogP contribution is -2.23. The van der Waals surface area contributed by atoms with Crippen LogP contribution in [0.4, 0.5) is 0 Å². The predicted molar refractivity (Wildman–Crippen MR) is 71.1 cm³/mol. The summed E-state index contributed by atoms with van der Waals surface area (Å²) in [5.41, 5.74) is 0.287. The van der Waals surface area contributed by atoms with Crippen LogP contribution in [0.2, 0.25) is 10.2 Å². The molecular weight excluding hydrogens is 273 g/mol. The number of rotatable bonds is 2. The fourth-order valence-electron chi connectivity index (χ4n) is 2.13. The van der Waals surface area contributed by atoms with Crippen molar-refractivity contribution in [3.63, 3.8) is 0 Å². The quantitative estimate of drug-likeness (QED) is 0.607. The van der Waals surface area contributed by atoms with Crippen LogP contribution in [0.15, 0.2) is 12.3 Å². The Hall–Kier alpha value is -0.800. The summed E-state index contributed by atoms with van der Waals surface area (Å²) in [6.45, 7) is 2.22. The van der Waals surface area contributed by atoms with Crippen LogP contribution in [0.1, 0.15) is 43.0 Å². The van der Waals surface area contributed by atoms with E-state index in [4.69, 9.17) is 27.9 Å². The fraction of sp³-hybridized carbons (Fsp3) is 0.538. The van der Waals surface area contributed by atoms with Gasteiger partial charge in [0.25, 0.3) is 0 Å². The van der Waals surface area contributed by atoms with Crippen molar-refractivity contribution < 1.29 is 9.53 Å².